The Kier molecular flexibility index (Phi) is 6.82. The van der Waals surface area contributed by atoms with E-state index in [1.807, 2.05) is 24.3 Å². The number of carbonyl (C=O) groups excluding carboxylic acids is 1. The Morgan fingerprint density at radius 1 is 1.33 bits per heavy atom. The summed E-state index contributed by atoms with van der Waals surface area (Å²) in [5.41, 5.74) is 0.918. The van der Waals surface area contributed by atoms with Gasteiger partial charge >= 0.3 is 0 Å². The molecule has 0 aliphatic carbocycles. The average molecular weight is 491 g/mol. The molecule has 1 saturated heterocycles. The summed E-state index contributed by atoms with van der Waals surface area (Å²) in [7, 11) is -2.16. The third kappa shape index (κ3) is 5.10. The maximum absolute atomic E-state index is 13.4. The second-order valence-corrected chi connectivity index (χ2v) is 11.1. The van der Waals surface area contributed by atoms with Gasteiger partial charge in [0.05, 0.1) is 22.8 Å². The molecular weight excluding hydrogens is 464 g/mol. The number of nitrogens with zero attached hydrogens (tertiary/aromatic N) is 3. The third-order valence-corrected chi connectivity index (χ3v) is 8.76. The van der Waals surface area contributed by atoms with E-state index in [0.717, 1.165) is 11.3 Å². The number of hydrogen-bond donors (Lipinski definition) is 1. The van der Waals surface area contributed by atoms with Gasteiger partial charge in [-0.2, -0.15) is 9.29 Å². The number of hydrogen-bond acceptors (Lipinski definition) is 8. The molecule has 1 N–H and O–H groups in total. The molecule has 1 amide bonds. The number of rotatable bonds is 7. The molecule has 1 aliphatic rings. The van der Waals surface area contributed by atoms with Crippen molar-refractivity contribution in [3.63, 3.8) is 0 Å². The van der Waals surface area contributed by atoms with Crippen molar-refractivity contribution in [3.8, 4) is 16.5 Å². The molecule has 176 valence electrons. The van der Waals surface area contributed by atoms with Crippen LogP contribution in [0.5, 0.6) is 5.75 Å². The first-order valence-corrected chi connectivity index (χ1v) is 12.9. The highest BCUT2D eigenvalue weighted by atomic mass is 32.2. The van der Waals surface area contributed by atoms with E-state index in [2.05, 4.69) is 15.5 Å². The number of piperidine rings is 1. The molecule has 2 aromatic heterocycles. The molecule has 0 bridgehead atoms. The molecule has 1 aliphatic heterocycles. The van der Waals surface area contributed by atoms with Gasteiger partial charge in [0.25, 0.3) is 0 Å². The molecule has 3 aromatic rings. The van der Waals surface area contributed by atoms with Crippen molar-refractivity contribution < 1.29 is 22.5 Å². The molecule has 1 atom stereocenters. The second kappa shape index (κ2) is 9.62. The highest BCUT2D eigenvalue weighted by molar-refractivity contribution is 7.89. The second-order valence-electron chi connectivity index (χ2n) is 7.94. The molecule has 9 nitrogen and oxygen atoms in total. The molecule has 0 spiro atoms. The van der Waals surface area contributed by atoms with Crippen LogP contribution >= 0.6 is 11.3 Å². The zero-order chi connectivity index (χ0) is 23.6. The summed E-state index contributed by atoms with van der Waals surface area (Å²) >= 11 is 1.31. The van der Waals surface area contributed by atoms with Crippen LogP contribution in [0.3, 0.4) is 0 Å². The Hall–Kier alpha value is -2.76. The van der Waals surface area contributed by atoms with Crippen molar-refractivity contribution in [1.82, 2.24) is 19.8 Å². The van der Waals surface area contributed by atoms with Crippen LogP contribution in [-0.2, 0) is 21.4 Å². The molecule has 11 heteroatoms. The number of ether oxygens (including phenoxy) is 1. The van der Waals surface area contributed by atoms with E-state index in [4.69, 9.17) is 9.26 Å². The summed E-state index contributed by atoms with van der Waals surface area (Å²) in [5.74, 6) is 0.952. The number of sulfonamides is 1. The van der Waals surface area contributed by atoms with Gasteiger partial charge in [0.1, 0.15) is 5.75 Å². The number of aryl methyl sites for hydroxylation is 2. The lowest BCUT2D eigenvalue weighted by Gasteiger charge is -2.31. The van der Waals surface area contributed by atoms with E-state index in [1.165, 1.54) is 15.6 Å². The lowest BCUT2D eigenvalue weighted by Crippen LogP contribution is -2.45. The number of amides is 1. The molecule has 3 heterocycles. The number of thiophene rings is 1. The van der Waals surface area contributed by atoms with Crippen LogP contribution in [0.15, 0.2) is 39.8 Å². The summed E-state index contributed by atoms with van der Waals surface area (Å²) in [4.78, 5) is 18.5. The lowest BCUT2D eigenvalue weighted by molar-refractivity contribution is -0.126. The third-order valence-electron chi connectivity index (χ3n) is 5.59. The van der Waals surface area contributed by atoms with E-state index in [9.17, 15) is 13.2 Å². The minimum Gasteiger partial charge on any atom is -0.497 e. The Morgan fingerprint density at radius 3 is 2.88 bits per heavy atom. The smallest absolute Gasteiger partial charge is 0.244 e. The average Bonchev–Trinajstić information content (AvgIpc) is 3.43. The van der Waals surface area contributed by atoms with Gasteiger partial charge in [0, 0.05) is 31.4 Å². The number of carbonyl (C=O) groups is 1. The van der Waals surface area contributed by atoms with Crippen molar-refractivity contribution in [3.05, 3.63) is 46.7 Å². The van der Waals surface area contributed by atoms with Crippen LogP contribution in [0.25, 0.3) is 10.7 Å². The van der Waals surface area contributed by atoms with Gasteiger partial charge in [-0.15, -0.1) is 11.3 Å². The van der Waals surface area contributed by atoms with E-state index in [0.29, 0.717) is 47.4 Å². The van der Waals surface area contributed by atoms with Crippen molar-refractivity contribution in [1.29, 1.82) is 0 Å². The molecule has 0 saturated carbocycles. The fourth-order valence-electron chi connectivity index (χ4n) is 3.86. The lowest BCUT2D eigenvalue weighted by atomic mass is 9.99. The summed E-state index contributed by atoms with van der Waals surface area (Å²) in [6.07, 6.45) is 1.27. The molecular formula is C22H26N4O5S2. The zero-order valence-corrected chi connectivity index (χ0v) is 20.3. The Balaban J connectivity index is 1.45. The van der Waals surface area contributed by atoms with E-state index in [-0.39, 0.29) is 17.3 Å². The standard InChI is InChI=1S/C22H26N4O5S2/c1-14-20(11-19(32-14)21-24-15(2)31-25-21)33(28,29)26-9-5-7-17(13-26)22(27)23-12-16-6-4-8-18(10-16)30-3/h4,6,8,10-11,17H,5,7,9,12-13H2,1-3H3,(H,23,27)/t17-/m1/s1. The SMILES string of the molecule is COc1cccc(CNC(=O)[C@@H]2CCCN(S(=O)(=O)c3cc(-c4noc(C)n4)sc3C)C2)c1. The predicted molar refractivity (Wildman–Crippen MR) is 123 cm³/mol. The number of aromatic nitrogens is 2. The predicted octanol–water partition coefficient (Wildman–Crippen LogP) is 3.14. The molecule has 1 aromatic carbocycles. The van der Waals surface area contributed by atoms with Gasteiger partial charge in [0.2, 0.25) is 27.6 Å². The molecule has 33 heavy (non-hydrogen) atoms. The Bertz CT molecular complexity index is 1250. The van der Waals surface area contributed by atoms with E-state index in [1.54, 1.807) is 27.0 Å². The summed E-state index contributed by atoms with van der Waals surface area (Å²) < 4.78 is 38.4. The summed E-state index contributed by atoms with van der Waals surface area (Å²) in [6.45, 7) is 4.33. The molecule has 0 radical (unpaired) electrons. The van der Waals surface area contributed by atoms with E-state index >= 15 is 0 Å². The maximum Gasteiger partial charge on any atom is 0.244 e. The highest BCUT2D eigenvalue weighted by Gasteiger charge is 2.35. The monoisotopic (exact) mass is 490 g/mol. The first-order chi connectivity index (χ1) is 15.8. The number of nitrogens with one attached hydrogen (secondary N) is 1. The van der Waals surface area contributed by atoms with Crippen LogP contribution in [0, 0.1) is 19.8 Å². The number of methoxy groups -OCH3 is 1. The quantitative estimate of drug-likeness (QED) is 0.541. The zero-order valence-electron chi connectivity index (χ0n) is 18.7. The van der Waals surface area contributed by atoms with Gasteiger partial charge in [-0.05, 0) is 43.5 Å². The van der Waals surface area contributed by atoms with Gasteiger partial charge in [-0.25, -0.2) is 8.42 Å². The van der Waals surface area contributed by atoms with E-state index < -0.39 is 15.9 Å². The first kappa shape index (κ1) is 23.4. The minimum atomic E-state index is -3.75. The Morgan fingerprint density at radius 2 is 2.15 bits per heavy atom. The molecule has 1 fully saturated rings. The molecule has 0 unspecified atom stereocenters. The maximum atomic E-state index is 13.4. The van der Waals surface area contributed by atoms with Crippen molar-refractivity contribution >= 4 is 27.3 Å². The van der Waals surface area contributed by atoms with Crippen LogP contribution in [0.4, 0.5) is 0 Å². The number of benzene rings is 1. The van der Waals surface area contributed by atoms with Gasteiger partial charge in [-0.1, -0.05) is 17.3 Å². The largest absolute Gasteiger partial charge is 0.497 e. The van der Waals surface area contributed by atoms with Crippen LogP contribution in [0.1, 0.15) is 29.2 Å². The fraction of sp³-hybridized carbons (Fsp3) is 0.409. The Labute approximate surface area is 196 Å². The minimum absolute atomic E-state index is 0.150. The normalized spacial score (nSPS) is 17.1. The van der Waals surface area contributed by atoms with Crippen LogP contribution in [0.2, 0.25) is 0 Å². The summed E-state index contributed by atoms with van der Waals surface area (Å²) in [5, 5.41) is 6.81. The van der Waals surface area contributed by atoms with Crippen LogP contribution in [-0.4, -0.2) is 49.0 Å². The van der Waals surface area contributed by atoms with Crippen molar-refractivity contribution in [2.45, 2.75) is 38.1 Å². The highest BCUT2D eigenvalue weighted by Crippen LogP contribution is 2.35. The van der Waals surface area contributed by atoms with Gasteiger partial charge < -0.3 is 14.6 Å². The van der Waals surface area contributed by atoms with Crippen molar-refractivity contribution in [2.24, 2.45) is 5.92 Å². The fourth-order valence-corrected chi connectivity index (χ4v) is 6.87. The van der Waals surface area contributed by atoms with Crippen LogP contribution < -0.4 is 10.1 Å². The first-order valence-electron chi connectivity index (χ1n) is 10.6. The molecule has 4 rings (SSSR count). The van der Waals surface area contributed by atoms with Crippen molar-refractivity contribution in [2.75, 3.05) is 20.2 Å². The van der Waals surface area contributed by atoms with Gasteiger partial charge in [-0.3, -0.25) is 4.79 Å². The summed E-state index contributed by atoms with van der Waals surface area (Å²) in [6, 6.07) is 9.06. The topological polar surface area (TPSA) is 115 Å². The van der Waals surface area contributed by atoms with Gasteiger partial charge in [0.15, 0.2) is 0 Å².